The molecule has 0 bridgehead atoms. The van der Waals surface area contributed by atoms with Crippen molar-refractivity contribution in [2.75, 3.05) is 0 Å². The lowest BCUT2D eigenvalue weighted by molar-refractivity contribution is 0.867. The highest BCUT2D eigenvalue weighted by Crippen LogP contribution is 2.20. The maximum absolute atomic E-state index is 5.66. The lowest BCUT2D eigenvalue weighted by atomic mass is 10.3. The second kappa shape index (κ2) is 1.88. The van der Waals surface area contributed by atoms with Gasteiger partial charge in [-0.25, -0.2) is 0 Å². The minimum atomic E-state index is -0.0521. The Bertz CT molecular complexity index is 280. The van der Waals surface area contributed by atoms with E-state index in [0.29, 0.717) is 0 Å². The molecule has 2 rings (SSSR count). The molecule has 0 fully saturated rings. The first-order valence-corrected chi connectivity index (χ1v) is 3.12. The molecule has 1 heterocycles. The molecule has 0 amide bonds. The van der Waals surface area contributed by atoms with E-state index in [1.54, 1.807) is 12.4 Å². The Hall–Kier alpha value is -1.22. The van der Waals surface area contributed by atoms with Gasteiger partial charge >= 0.3 is 0 Å². The van der Waals surface area contributed by atoms with Crippen LogP contribution in [-0.4, -0.2) is 9.97 Å². The molecule has 0 saturated heterocycles. The highest BCUT2D eigenvalue weighted by molar-refractivity contribution is 5.55. The zero-order valence-electron chi connectivity index (χ0n) is 5.36. The quantitative estimate of drug-likeness (QED) is 0.560. The fraction of sp³-hybridized carbons (Fsp3) is 0.143. The second-order valence-corrected chi connectivity index (χ2v) is 2.21. The van der Waals surface area contributed by atoms with E-state index in [2.05, 4.69) is 9.97 Å². The number of hydrogen-bond acceptors (Lipinski definition) is 3. The lowest BCUT2D eigenvalue weighted by Crippen LogP contribution is -2.06. The minimum Gasteiger partial charge on any atom is -0.319 e. The molecular weight excluding hydrogens is 126 g/mol. The summed E-state index contributed by atoms with van der Waals surface area (Å²) in [6.07, 6.45) is 7.12. The second-order valence-electron chi connectivity index (χ2n) is 2.21. The van der Waals surface area contributed by atoms with Crippen molar-refractivity contribution in [1.29, 1.82) is 0 Å². The standard InChI is InChI=1S/C7H7N3/c8-5-1-2-6-7(5)10-4-3-9-6/h1-5H,8H2. The van der Waals surface area contributed by atoms with Crippen molar-refractivity contribution in [3.8, 4) is 0 Å². The van der Waals surface area contributed by atoms with Gasteiger partial charge in [-0.15, -0.1) is 0 Å². The Labute approximate surface area is 58.6 Å². The van der Waals surface area contributed by atoms with E-state index in [1.807, 2.05) is 12.2 Å². The highest BCUT2D eigenvalue weighted by Gasteiger charge is 2.13. The third-order valence-corrected chi connectivity index (χ3v) is 1.53. The fourth-order valence-corrected chi connectivity index (χ4v) is 1.03. The van der Waals surface area contributed by atoms with Gasteiger partial charge in [0.1, 0.15) is 0 Å². The monoisotopic (exact) mass is 133 g/mol. The average Bonchev–Trinajstić information content (AvgIpc) is 2.34. The van der Waals surface area contributed by atoms with Crippen LogP contribution < -0.4 is 5.73 Å². The number of fused-ring (bicyclic) bond motifs is 1. The zero-order chi connectivity index (χ0) is 6.97. The Morgan fingerprint density at radius 1 is 1.30 bits per heavy atom. The molecule has 0 aromatic carbocycles. The first-order valence-electron chi connectivity index (χ1n) is 3.12. The molecule has 0 radical (unpaired) electrons. The topological polar surface area (TPSA) is 51.8 Å². The Balaban J connectivity index is 2.59. The van der Waals surface area contributed by atoms with E-state index >= 15 is 0 Å². The molecule has 10 heavy (non-hydrogen) atoms. The van der Waals surface area contributed by atoms with Crippen LogP contribution in [0.1, 0.15) is 17.4 Å². The largest absolute Gasteiger partial charge is 0.319 e. The van der Waals surface area contributed by atoms with Crippen molar-refractivity contribution in [3.05, 3.63) is 29.9 Å². The fourth-order valence-electron chi connectivity index (χ4n) is 1.03. The van der Waals surface area contributed by atoms with Crippen molar-refractivity contribution in [2.24, 2.45) is 5.73 Å². The minimum absolute atomic E-state index is 0.0521. The molecular formula is C7H7N3. The summed E-state index contributed by atoms with van der Waals surface area (Å²) in [5.74, 6) is 0. The van der Waals surface area contributed by atoms with Gasteiger partial charge in [-0.1, -0.05) is 6.08 Å². The van der Waals surface area contributed by atoms with E-state index in [-0.39, 0.29) is 6.04 Å². The Kier molecular flexibility index (Phi) is 1.05. The van der Waals surface area contributed by atoms with E-state index in [0.717, 1.165) is 11.4 Å². The molecule has 1 atom stereocenters. The van der Waals surface area contributed by atoms with Gasteiger partial charge in [0.25, 0.3) is 0 Å². The highest BCUT2D eigenvalue weighted by atomic mass is 14.8. The van der Waals surface area contributed by atoms with Crippen molar-refractivity contribution >= 4 is 6.08 Å². The summed E-state index contributed by atoms with van der Waals surface area (Å²) in [6.45, 7) is 0. The molecule has 1 unspecified atom stereocenters. The van der Waals surface area contributed by atoms with Crippen LogP contribution in [0.2, 0.25) is 0 Å². The van der Waals surface area contributed by atoms with Crippen LogP contribution >= 0.6 is 0 Å². The summed E-state index contributed by atoms with van der Waals surface area (Å²) < 4.78 is 0. The molecule has 1 aromatic rings. The Morgan fingerprint density at radius 3 is 2.90 bits per heavy atom. The van der Waals surface area contributed by atoms with Crippen molar-refractivity contribution in [3.63, 3.8) is 0 Å². The molecule has 0 spiro atoms. The maximum Gasteiger partial charge on any atom is 0.0866 e. The normalized spacial score (nSPS) is 21.1. The van der Waals surface area contributed by atoms with Crippen LogP contribution in [0.5, 0.6) is 0 Å². The molecule has 0 aliphatic heterocycles. The van der Waals surface area contributed by atoms with E-state index in [1.165, 1.54) is 0 Å². The Morgan fingerprint density at radius 2 is 2.10 bits per heavy atom. The van der Waals surface area contributed by atoms with Crippen molar-refractivity contribution < 1.29 is 0 Å². The molecule has 0 saturated carbocycles. The van der Waals surface area contributed by atoms with Gasteiger partial charge in [0.15, 0.2) is 0 Å². The van der Waals surface area contributed by atoms with E-state index in [4.69, 9.17) is 5.73 Å². The third kappa shape index (κ3) is 0.642. The average molecular weight is 133 g/mol. The predicted molar refractivity (Wildman–Crippen MR) is 38.0 cm³/mol. The van der Waals surface area contributed by atoms with Gasteiger partial charge in [-0.3, -0.25) is 9.97 Å². The third-order valence-electron chi connectivity index (χ3n) is 1.53. The molecule has 3 heteroatoms. The van der Waals surface area contributed by atoms with E-state index in [9.17, 15) is 0 Å². The summed E-state index contributed by atoms with van der Waals surface area (Å²) in [5, 5.41) is 0. The smallest absolute Gasteiger partial charge is 0.0866 e. The summed E-state index contributed by atoms with van der Waals surface area (Å²) in [4.78, 5) is 8.17. The number of nitrogens with two attached hydrogens (primary N) is 1. The number of nitrogens with zero attached hydrogens (tertiary/aromatic N) is 2. The van der Waals surface area contributed by atoms with Crippen molar-refractivity contribution in [2.45, 2.75) is 6.04 Å². The summed E-state index contributed by atoms with van der Waals surface area (Å²) in [6, 6.07) is -0.0521. The molecule has 1 aliphatic rings. The van der Waals surface area contributed by atoms with Gasteiger partial charge in [0, 0.05) is 12.4 Å². The van der Waals surface area contributed by atoms with Crippen LogP contribution in [0.15, 0.2) is 18.5 Å². The molecule has 1 aromatic heterocycles. The predicted octanol–water partition coefficient (Wildman–Crippen LogP) is 0.503. The van der Waals surface area contributed by atoms with Crippen LogP contribution in [-0.2, 0) is 0 Å². The summed E-state index contributed by atoms with van der Waals surface area (Å²) >= 11 is 0. The van der Waals surface area contributed by atoms with Gasteiger partial charge in [0.2, 0.25) is 0 Å². The maximum atomic E-state index is 5.66. The summed E-state index contributed by atoms with van der Waals surface area (Å²) in [7, 11) is 0. The van der Waals surface area contributed by atoms with Gasteiger partial charge in [-0.2, -0.15) is 0 Å². The number of aromatic nitrogens is 2. The lowest BCUT2D eigenvalue weighted by Gasteiger charge is -1.99. The number of rotatable bonds is 0. The van der Waals surface area contributed by atoms with Crippen LogP contribution in [0.4, 0.5) is 0 Å². The van der Waals surface area contributed by atoms with E-state index < -0.39 is 0 Å². The molecule has 50 valence electrons. The van der Waals surface area contributed by atoms with Crippen LogP contribution in [0, 0.1) is 0 Å². The van der Waals surface area contributed by atoms with Crippen LogP contribution in [0.25, 0.3) is 6.08 Å². The van der Waals surface area contributed by atoms with Gasteiger partial charge in [0.05, 0.1) is 17.4 Å². The SMILES string of the molecule is NC1C=Cc2nccnc21. The first-order chi connectivity index (χ1) is 4.88. The first kappa shape index (κ1) is 5.56. The van der Waals surface area contributed by atoms with Crippen LogP contribution in [0.3, 0.4) is 0 Å². The molecule has 1 aliphatic carbocycles. The van der Waals surface area contributed by atoms with Crippen molar-refractivity contribution in [1.82, 2.24) is 9.97 Å². The molecule has 3 nitrogen and oxygen atoms in total. The van der Waals surface area contributed by atoms with Gasteiger partial charge in [-0.05, 0) is 6.08 Å². The summed E-state index contributed by atoms with van der Waals surface area (Å²) in [5.41, 5.74) is 7.43. The van der Waals surface area contributed by atoms with Gasteiger partial charge < -0.3 is 5.73 Å². The molecule has 2 N–H and O–H groups in total. The zero-order valence-corrected chi connectivity index (χ0v) is 5.36. The number of hydrogen-bond donors (Lipinski definition) is 1.